The Morgan fingerprint density at radius 1 is 1.35 bits per heavy atom. The van der Waals surface area contributed by atoms with E-state index in [4.69, 9.17) is 11.6 Å². The molecule has 2 aromatic rings. The third-order valence-corrected chi connectivity index (χ3v) is 3.78. The molecule has 3 rings (SSSR count). The monoisotopic (exact) mass is 265 g/mol. The Hall–Kier alpha value is -1.00. The van der Waals surface area contributed by atoms with Crippen molar-refractivity contribution < 1.29 is 0 Å². The van der Waals surface area contributed by atoms with Crippen molar-refractivity contribution in [2.24, 2.45) is 0 Å². The van der Waals surface area contributed by atoms with Gasteiger partial charge in [0.1, 0.15) is 11.0 Å². The fourth-order valence-electron chi connectivity index (χ4n) is 1.80. The Labute approximate surface area is 109 Å². The molecule has 0 unspecified atom stereocenters. The van der Waals surface area contributed by atoms with Crippen LogP contribution in [0.1, 0.15) is 41.0 Å². The van der Waals surface area contributed by atoms with Crippen molar-refractivity contribution in [3.8, 4) is 0 Å². The first kappa shape index (κ1) is 11.1. The predicted octanol–water partition coefficient (Wildman–Crippen LogP) is 3.36. The maximum Gasteiger partial charge on any atom is 0.136 e. The molecule has 0 amide bonds. The molecule has 1 aliphatic rings. The summed E-state index contributed by atoms with van der Waals surface area (Å²) < 4.78 is 0. The van der Waals surface area contributed by atoms with Crippen molar-refractivity contribution in [1.82, 2.24) is 15.0 Å². The lowest BCUT2D eigenvalue weighted by atomic mass is 10.2. The summed E-state index contributed by atoms with van der Waals surface area (Å²) in [6.45, 7) is 2.00. The van der Waals surface area contributed by atoms with Gasteiger partial charge in [0.2, 0.25) is 0 Å². The molecule has 1 fully saturated rings. The lowest BCUT2D eigenvalue weighted by molar-refractivity contribution is 0.886. The van der Waals surface area contributed by atoms with Crippen LogP contribution >= 0.6 is 22.9 Å². The minimum atomic E-state index is 0.545. The van der Waals surface area contributed by atoms with Crippen LogP contribution in [0.4, 0.5) is 0 Å². The van der Waals surface area contributed by atoms with Crippen LogP contribution < -0.4 is 0 Å². The molecule has 1 aliphatic carbocycles. The van der Waals surface area contributed by atoms with E-state index < -0.39 is 0 Å². The number of thiazole rings is 1. The fraction of sp³-hybridized carbons (Fsp3) is 0.417. The number of rotatable bonds is 3. The molecular weight excluding hydrogens is 254 g/mol. The average molecular weight is 266 g/mol. The highest BCUT2D eigenvalue weighted by molar-refractivity contribution is 7.09. The Morgan fingerprint density at radius 2 is 2.18 bits per heavy atom. The van der Waals surface area contributed by atoms with Gasteiger partial charge in [0.05, 0.1) is 17.1 Å². The molecule has 0 radical (unpaired) electrons. The van der Waals surface area contributed by atoms with Crippen LogP contribution in [-0.2, 0) is 6.42 Å². The van der Waals surface area contributed by atoms with E-state index in [1.165, 1.54) is 12.8 Å². The Kier molecular flexibility index (Phi) is 2.84. The molecular formula is C12H12ClN3S. The van der Waals surface area contributed by atoms with Crippen LogP contribution in [0.5, 0.6) is 0 Å². The predicted molar refractivity (Wildman–Crippen MR) is 68.7 cm³/mol. The molecule has 0 aromatic carbocycles. The van der Waals surface area contributed by atoms with Gasteiger partial charge in [-0.1, -0.05) is 11.6 Å². The molecule has 5 heteroatoms. The van der Waals surface area contributed by atoms with Gasteiger partial charge in [0.15, 0.2) is 0 Å². The zero-order valence-corrected chi connectivity index (χ0v) is 11.1. The first-order valence-corrected chi connectivity index (χ1v) is 6.91. The molecule has 0 N–H and O–H groups in total. The standard InChI is InChI=1S/C12H12ClN3S/c1-7-14-9(6-17-7)4-12-15-10(8-2-3-8)5-11(13)16-12/h5-6,8H,2-4H2,1H3. The number of aryl methyl sites for hydroxylation is 1. The van der Waals surface area contributed by atoms with E-state index in [9.17, 15) is 0 Å². The van der Waals surface area contributed by atoms with Crippen molar-refractivity contribution in [3.05, 3.63) is 38.8 Å². The molecule has 1 saturated carbocycles. The molecule has 88 valence electrons. The molecule has 2 aromatic heterocycles. The number of halogens is 1. The normalized spacial score (nSPS) is 15.2. The largest absolute Gasteiger partial charge is 0.246 e. The molecule has 17 heavy (non-hydrogen) atoms. The van der Waals surface area contributed by atoms with E-state index in [-0.39, 0.29) is 0 Å². The van der Waals surface area contributed by atoms with Crippen LogP contribution in [0.2, 0.25) is 5.15 Å². The van der Waals surface area contributed by atoms with Crippen LogP contribution in [-0.4, -0.2) is 15.0 Å². The summed E-state index contributed by atoms with van der Waals surface area (Å²) in [6, 6.07) is 1.88. The SMILES string of the molecule is Cc1nc(Cc2nc(Cl)cc(C3CC3)n2)cs1. The van der Waals surface area contributed by atoms with E-state index in [1.54, 1.807) is 11.3 Å². The van der Waals surface area contributed by atoms with E-state index in [0.717, 1.165) is 22.2 Å². The third kappa shape index (κ3) is 2.64. The highest BCUT2D eigenvalue weighted by Crippen LogP contribution is 2.39. The molecule has 0 aliphatic heterocycles. The molecule has 0 atom stereocenters. The lowest BCUT2D eigenvalue weighted by Gasteiger charge is -2.02. The summed E-state index contributed by atoms with van der Waals surface area (Å²) in [5.41, 5.74) is 2.11. The average Bonchev–Trinajstić information content (AvgIpc) is 3.03. The van der Waals surface area contributed by atoms with Crippen LogP contribution in [0.3, 0.4) is 0 Å². The van der Waals surface area contributed by atoms with Gasteiger partial charge in [-0.25, -0.2) is 15.0 Å². The smallest absolute Gasteiger partial charge is 0.136 e. The topological polar surface area (TPSA) is 38.7 Å². The first-order chi connectivity index (χ1) is 8.20. The van der Waals surface area contributed by atoms with Gasteiger partial charge in [-0.3, -0.25) is 0 Å². The van der Waals surface area contributed by atoms with Gasteiger partial charge >= 0.3 is 0 Å². The summed E-state index contributed by atoms with van der Waals surface area (Å²) >= 11 is 7.68. The van der Waals surface area contributed by atoms with E-state index in [0.29, 0.717) is 17.5 Å². The molecule has 0 saturated heterocycles. The summed E-state index contributed by atoms with van der Waals surface area (Å²) in [6.07, 6.45) is 3.12. The van der Waals surface area contributed by atoms with Gasteiger partial charge in [-0.15, -0.1) is 11.3 Å². The van der Waals surface area contributed by atoms with Crippen molar-refractivity contribution in [3.63, 3.8) is 0 Å². The Morgan fingerprint density at radius 3 is 2.82 bits per heavy atom. The zero-order chi connectivity index (χ0) is 11.8. The van der Waals surface area contributed by atoms with Crippen LogP contribution in [0.15, 0.2) is 11.4 Å². The maximum absolute atomic E-state index is 6.02. The summed E-state index contributed by atoms with van der Waals surface area (Å²) in [4.78, 5) is 13.3. The van der Waals surface area contributed by atoms with Crippen LogP contribution in [0, 0.1) is 6.92 Å². The van der Waals surface area contributed by atoms with Gasteiger partial charge in [0, 0.05) is 17.0 Å². The minimum absolute atomic E-state index is 0.545. The van der Waals surface area contributed by atoms with E-state index >= 15 is 0 Å². The molecule has 0 spiro atoms. The minimum Gasteiger partial charge on any atom is -0.246 e. The van der Waals surface area contributed by atoms with Crippen molar-refractivity contribution in [2.75, 3.05) is 0 Å². The Bertz CT molecular complexity index is 548. The van der Waals surface area contributed by atoms with Crippen molar-refractivity contribution >= 4 is 22.9 Å². The van der Waals surface area contributed by atoms with Crippen molar-refractivity contribution in [1.29, 1.82) is 0 Å². The summed E-state index contributed by atoms with van der Waals surface area (Å²) in [7, 11) is 0. The van der Waals surface area contributed by atoms with E-state index in [2.05, 4.69) is 20.3 Å². The fourth-order valence-corrected chi connectivity index (χ4v) is 2.62. The second-order valence-corrected chi connectivity index (χ2v) is 5.79. The second-order valence-electron chi connectivity index (χ2n) is 4.34. The highest BCUT2D eigenvalue weighted by atomic mass is 35.5. The van der Waals surface area contributed by atoms with Crippen LogP contribution in [0.25, 0.3) is 0 Å². The Balaban J connectivity index is 1.86. The number of aromatic nitrogens is 3. The van der Waals surface area contributed by atoms with Gasteiger partial charge < -0.3 is 0 Å². The number of hydrogen-bond acceptors (Lipinski definition) is 4. The van der Waals surface area contributed by atoms with Gasteiger partial charge in [-0.2, -0.15) is 0 Å². The van der Waals surface area contributed by atoms with Crippen molar-refractivity contribution in [2.45, 2.75) is 32.1 Å². The summed E-state index contributed by atoms with van der Waals surface area (Å²) in [5.74, 6) is 1.39. The quantitative estimate of drug-likeness (QED) is 0.799. The third-order valence-electron chi connectivity index (χ3n) is 2.76. The molecule has 0 bridgehead atoms. The number of nitrogens with zero attached hydrogens (tertiary/aromatic N) is 3. The lowest BCUT2D eigenvalue weighted by Crippen LogP contribution is -2.00. The van der Waals surface area contributed by atoms with E-state index in [1.807, 2.05) is 13.0 Å². The highest BCUT2D eigenvalue weighted by Gasteiger charge is 2.26. The van der Waals surface area contributed by atoms with Gasteiger partial charge in [-0.05, 0) is 25.8 Å². The molecule has 2 heterocycles. The number of hydrogen-bond donors (Lipinski definition) is 0. The second kappa shape index (κ2) is 4.35. The zero-order valence-electron chi connectivity index (χ0n) is 9.48. The van der Waals surface area contributed by atoms with Gasteiger partial charge in [0.25, 0.3) is 0 Å². The maximum atomic E-state index is 6.02. The molecule has 3 nitrogen and oxygen atoms in total. The first-order valence-electron chi connectivity index (χ1n) is 5.65. The summed E-state index contributed by atoms with van der Waals surface area (Å²) in [5, 5.41) is 3.67.